The monoisotopic (exact) mass is 370 g/mol. The van der Waals surface area contributed by atoms with Gasteiger partial charge < -0.3 is 10.3 Å². The van der Waals surface area contributed by atoms with Crippen LogP contribution in [0.15, 0.2) is 41.2 Å². The Morgan fingerprint density at radius 3 is 2.81 bits per heavy atom. The minimum Gasteiger partial charge on any atom is -0.355 e. The van der Waals surface area contributed by atoms with E-state index in [1.54, 1.807) is 0 Å². The van der Waals surface area contributed by atoms with Gasteiger partial charge in [-0.25, -0.2) is 4.98 Å². The average molecular weight is 370 g/mol. The number of hydrogen-bond donors (Lipinski definition) is 2. The molecule has 0 fully saturated rings. The first-order chi connectivity index (χ1) is 12.6. The van der Waals surface area contributed by atoms with Crippen LogP contribution < -0.4 is 10.9 Å². The van der Waals surface area contributed by atoms with E-state index < -0.39 is 0 Å². The predicted octanol–water partition coefficient (Wildman–Crippen LogP) is 2.61. The van der Waals surface area contributed by atoms with Gasteiger partial charge in [0.05, 0.1) is 18.5 Å². The number of nitrogens with zero attached hydrogens (tertiary/aromatic N) is 2. The summed E-state index contributed by atoms with van der Waals surface area (Å²) in [6.07, 6.45) is 0.906. The third-order valence-electron chi connectivity index (χ3n) is 3.92. The molecule has 2 aromatic heterocycles. The maximum atomic E-state index is 12.4. The van der Waals surface area contributed by atoms with Crippen LogP contribution in [-0.2, 0) is 11.3 Å². The molecule has 0 aliphatic carbocycles. The molecule has 136 valence electrons. The van der Waals surface area contributed by atoms with Crippen LogP contribution >= 0.6 is 11.3 Å². The zero-order valence-electron chi connectivity index (χ0n) is 14.9. The molecule has 0 aliphatic heterocycles. The van der Waals surface area contributed by atoms with E-state index in [0.717, 1.165) is 16.9 Å². The van der Waals surface area contributed by atoms with Gasteiger partial charge in [-0.2, -0.15) is 0 Å². The maximum Gasteiger partial charge on any atom is 0.259 e. The molecule has 1 amide bonds. The Hall–Kier alpha value is -2.51. The van der Waals surface area contributed by atoms with Crippen LogP contribution in [0, 0.1) is 0 Å². The second-order valence-electron chi connectivity index (χ2n) is 6.23. The summed E-state index contributed by atoms with van der Waals surface area (Å²) in [6.45, 7) is 3.36. The van der Waals surface area contributed by atoms with Crippen molar-refractivity contribution in [3.05, 3.63) is 52.6 Å². The number of aromatic nitrogens is 2. The second-order valence-corrected chi connectivity index (χ2v) is 7.26. The van der Waals surface area contributed by atoms with Gasteiger partial charge >= 0.3 is 0 Å². The lowest BCUT2D eigenvalue weighted by atomic mass is 10.2. The number of carbonyl (C=O) groups is 1. The Morgan fingerprint density at radius 1 is 1.31 bits per heavy atom. The number of aromatic amines is 1. The third-order valence-corrected chi connectivity index (χ3v) is 4.99. The predicted molar refractivity (Wildman–Crippen MR) is 105 cm³/mol. The molecule has 0 atom stereocenters. The highest BCUT2D eigenvalue weighted by atomic mass is 32.1. The smallest absolute Gasteiger partial charge is 0.259 e. The highest BCUT2D eigenvalue weighted by Gasteiger charge is 2.12. The third kappa shape index (κ3) is 4.36. The molecule has 2 heterocycles. The first-order valence-electron chi connectivity index (χ1n) is 8.60. The zero-order valence-corrected chi connectivity index (χ0v) is 15.7. The lowest BCUT2D eigenvalue weighted by molar-refractivity contribution is -0.122. The SMILES string of the molecule is CCCNC(=O)CN(C)Cc1nc2sc(-c3ccccc3)cc2c(=O)[nH]1. The molecule has 0 spiro atoms. The normalized spacial score (nSPS) is 11.2. The fourth-order valence-corrected chi connectivity index (χ4v) is 3.73. The molecule has 26 heavy (non-hydrogen) atoms. The maximum absolute atomic E-state index is 12.4. The van der Waals surface area contributed by atoms with Crippen molar-refractivity contribution >= 4 is 27.5 Å². The Morgan fingerprint density at radius 2 is 2.08 bits per heavy atom. The van der Waals surface area contributed by atoms with Gasteiger partial charge in [-0.05, 0) is 25.1 Å². The van der Waals surface area contributed by atoms with Crippen molar-refractivity contribution < 1.29 is 4.79 Å². The minimum absolute atomic E-state index is 0.0275. The molecule has 3 aromatic rings. The molecule has 0 unspecified atom stereocenters. The number of benzene rings is 1. The van der Waals surface area contributed by atoms with E-state index >= 15 is 0 Å². The first kappa shape index (κ1) is 18.3. The molecule has 0 saturated heterocycles. The number of likely N-dealkylation sites (N-methyl/N-ethyl adjacent to an activating group) is 1. The molecule has 1 aromatic carbocycles. The highest BCUT2D eigenvalue weighted by Crippen LogP contribution is 2.30. The van der Waals surface area contributed by atoms with Gasteiger partial charge in [-0.3, -0.25) is 14.5 Å². The zero-order chi connectivity index (χ0) is 18.5. The number of carbonyl (C=O) groups excluding carboxylic acids is 1. The van der Waals surface area contributed by atoms with Crippen LogP contribution in [0.3, 0.4) is 0 Å². The molecule has 3 rings (SSSR count). The second kappa shape index (κ2) is 8.25. The van der Waals surface area contributed by atoms with Crippen LogP contribution in [0.4, 0.5) is 0 Å². The summed E-state index contributed by atoms with van der Waals surface area (Å²) in [6, 6.07) is 11.8. The summed E-state index contributed by atoms with van der Waals surface area (Å²) in [7, 11) is 1.83. The van der Waals surface area contributed by atoms with Crippen molar-refractivity contribution in [2.75, 3.05) is 20.1 Å². The fourth-order valence-electron chi connectivity index (χ4n) is 2.67. The molecule has 2 N–H and O–H groups in total. The van der Waals surface area contributed by atoms with E-state index in [-0.39, 0.29) is 18.0 Å². The van der Waals surface area contributed by atoms with E-state index in [0.29, 0.717) is 29.1 Å². The number of thiophene rings is 1. The van der Waals surface area contributed by atoms with Gasteiger partial charge in [0.25, 0.3) is 5.56 Å². The van der Waals surface area contributed by atoms with Crippen molar-refractivity contribution in [2.45, 2.75) is 19.9 Å². The number of H-pyrrole nitrogens is 1. The molecule has 7 heteroatoms. The first-order valence-corrected chi connectivity index (χ1v) is 9.42. The molecular weight excluding hydrogens is 348 g/mol. The van der Waals surface area contributed by atoms with Crippen molar-refractivity contribution in [1.29, 1.82) is 0 Å². The lowest BCUT2D eigenvalue weighted by Crippen LogP contribution is -2.35. The Balaban J connectivity index is 1.78. The van der Waals surface area contributed by atoms with Gasteiger partial charge in [-0.15, -0.1) is 11.3 Å². The number of nitrogens with one attached hydrogen (secondary N) is 2. The summed E-state index contributed by atoms with van der Waals surface area (Å²) in [5, 5.41) is 3.44. The minimum atomic E-state index is -0.146. The van der Waals surface area contributed by atoms with Crippen LogP contribution in [0.1, 0.15) is 19.2 Å². The van der Waals surface area contributed by atoms with Gasteiger partial charge in [0.1, 0.15) is 10.7 Å². The van der Waals surface area contributed by atoms with Crippen molar-refractivity contribution in [2.24, 2.45) is 0 Å². The molecular formula is C19H22N4O2S. The summed E-state index contributed by atoms with van der Waals surface area (Å²) in [4.78, 5) is 35.2. The fraction of sp³-hybridized carbons (Fsp3) is 0.316. The van der Waals surface area contributed by atoms with E-state index in [1.807, 2.05) is 55.3 Å². The number of fused-ring (bicyclic) bond motifs is 1. The number of hydrogen-bond acceptors (Lipinski definition) is 5. The molecule has 6 nitrogen and oxygen atoms in total. The van der Waals surface area contributed by atoms with E-state index in [4.69, 9.17) is 0 Å². The van der Waals surface area contributed by atoms with Crippen molar-refractivity contribution in [3.63, 3.8) is 0 Å². The molecule has 0 aliphatic rings. The van der Waals surface area contributed by atoms with Crippen molar-refractivity contribution in [1.82, 2.24) is 20.2 Å². The standard InChI is InChI=1S/C19H22N4O2S/c1-3-9-20-17(24)12-23(2)11-16-21-18(25)14-10-15(26-19(14)22-16)13-7-5-4-6-8-13/h4-8,10H,3,9,11-12H2,1-2H3,(H,20,24)(H,21,22,25). The van der Waals surface area contributed by atoms with E-state index in [9.17, 15) is 9.59 Å². The van der Waals surface area contributed by atoms with Gasteiger partial charge in [-0.1, -0.05) is 37.3 Å². The van der Waals surface area contributed by atoms with E-state index in [2.05, 4.69) is 15.3 Å². The summed E-state index contributed by atoms with van der Waals surface area (Å²) < 4.78 is 0. The topological polar surface area (TPSA) is 78.1 Å². The van der Waals surface area contributed by atoms with Gasteiger partial charge in [0.2, 0.25) is 5.91 Å². The molecule has 0 radical (unpaired) electrons. The highest BCUT2D eigenvalue weighted by molar-refractivity contribution is 7.21. The molecule has 0 saturated carbocycles. The number of amides is 1. The Kier molecular flexibility index (Phi) is 5.80. The molecule has 0 bridgehead atoms. The average Bonchev–Trinajstić information content (AvgIpc) is 3.05. The quantitative estimate of drug-likeness (QED) is 0.670. The van der Waals surface area contributed by atoms with E-state index in [1.165, 1.54) is 11.3 Å². The lowest BCUT2D eigenvalue weighted by Gasteiger charge is -2.15. The summed E-state index contributed by atoms with van der Waals surface area (Å²) in [5.74, 6) is 0.537. The van der Waals surface area contributed by atoms with Crippen LogP contribution in [0.25, 0.3) is 20.7 Å². The summed E-state index contributed by atoms with van der Waals surface area (Å²) >= 11 is 1.50. The van der Waals surface area contributed by atoms with Crippen LogP contribution in [0.5, 0.6) is 0 Å². The van der Waals surface area contributed by atoms with Crippen LogP contribution in [-0.4, -0.2) is 40.9 Å². The van der Waals surface area contributed by atoms with Gasteiger partial charge in [0, 0.05) is 11.4 Å². The Bertz CT molecular complexity index is 949. The number of rotatable bonds is 7. The van der Waals surface area contributed by atoms with Crippen molar-refractivity contribution in [3.8, 4) is 10.4 Å². The summed E-state index contributed by atoms with van der Waals surface area (Å²) in [5.41, 5.74) is 0.924. The Labute approximate surface area is 155 Å². The van der Waals surface area contributed by atoms with Crippen LogP contribution in [0.2, 0.25) is 0 Å². The largest absolute Gasteiger partial charge is 0.355 e. The van der Waals surface area contributed by atoms with Gasteiger partial charge in [0.15, 0.2) is 0 Å².